The Morgan fingerprint density at radius 3 is 2.75 bits per heavy atom. The third-order valence-corrected chi connectivity index (χ3v) is 2.10. The highest BCUT2D eigenvalue weighted by molar-refractivity contribution is 5.88. The smallest absolute Gasteiger partial charge is 0.335 e. The van der Waals surface area contributed by atoms with Crippen LogP contribution in [-0.4, -0.2) is 16.1 Å². The summed E-state index contributed by atoms with van der Waals surface area (Å²) in [5.41, 5.74) is 0.100. The zero-order valence-electron chi connectivity index (χ0n) is 8.40. The van der Waals surface area contributed by atoms with Crippen molar-refractivity contribution in [2.45, 2.75) is 6.92 Å². The van der Waals surface area contributed by atoms with Gasteiger partial charge in [-0.1, -0.05) is 0 Å². The largest absolute Gasteiger partial charge is 0.478 e. The van der Waals surface area contributed by atoms with Crippen molar-refractivity contribution in [2.75, 3.05) is 0 Å². The minimum Gasteiger partial charge on any atom is -0.478 e. The normalized spacial score (nSPS) is 10.4. The average molecular weight is 221 g/mol. The van der Waals surface area contributed by atoms with Gasteiger partial charge in [-0.25, -0.2) is 14.2 Å². The first-order valence-corrected chi connectivity index (χ1v) is 4.53. The standard InChI is InChI=1S/C11H8FNO3/c1-6-13-5-10(16-6)8-3-2-7(11(14)15)4-9(8)12/h2-5H,1H3,(H,14,15). The zero-order valence-corrected chi connectivity index (χ0v) is 8.40. The van der Waals surface area contributed by atoms with Gasteiger partial charge in [-0.15, -0.1) is 0 Å². The molecule has 0 atom stereocenters. The number of carboxylic acids is 1. The molecule has 5 heteroatoms. The van der Waals surface area contributed by atoms with E-state index in [-0.39, 0.29) is 16.9 Å². The Labute approximate surface area is 90.4 Å². The number of carboxylic acid groups (broad SMARTS) is 1. The summed E-state index contributed by atoms with van der Waals surface area (Å²) in [5, 5.41) is 8.67. The van der Waals surface area contributed by atoms with Crippen molar-refractivity contribution in [3.8, 4) is 11.3 Å². The number of aromatic carboxylic acids is 1. The third kappa shape index (κ3) is 1.79. The van der Waals surface area contributed by atoms with Crippen molar-refractivity contribution < 1.29 is 18.7 Å². The van der Waals surface area contributed by atoms with Crippen LogP contribution in [0.25, 0.3) is 11.3 Å². The summed E-state index contributed by atoms with van der Waals surface area (Å²) in [6.07, 6.45) is 1.40. The van der Waals surface area contributed by atoms with Crippen LogP contribution in [-0.2, 0) is 0 Å². The second kappa shape index (κ2) is 3.77. The van der Waals surface area contributed by atoms with E-state index in [2.05, 4.69) is 4.98 Å². The van der Waals surface area contributed by atoms with Crippen LogP contribution in [0.5, 0.6) is 0 Å². The maximum absolute atomic E-state index is 13.6. The monoisotopic (exact) mass is 221 g/mol. The van der Waals surface area contributed by atoms with E-state index < -0.39 is 11.8 Å². The molecule has 0 saturated carbocycles. The van der Waals surface area contributed by atoms with E-state index >= 15 is 0 Å². The Bertz CT molecular complexity index is 548. The molecule has 0 radical (unpaired) electrons. The molecular formula is C11H8FNO3. The average Bonchev–Trinajstić information content (AvgIpc) is 2.64. The van der Waals surface area contributed by atoms with Crippen molar-refractivity contribution in [1.82, 2.24) is 4.98 Å². The van der Waals surface area contributed by atoms with Crippen LogP contribution in [0, 0.1) is 12.7 Å². The Hall–Kier alpha value is -2.17. The lowest BCUT2D eigenvalue weighted by molar-refractivity contribution is 0.0696. The van der Waals surface area contributed by atoms with Gasteiger partial charge in [0.1, 0.15) is 5.82 Å². The first-order valence-electron chi connectivity index (χ1n) is 4.53. The molecule has 0 aliphatic rings. The number of nitrogens with zero attached hydrogens (tertiary/aromatic N) is 1. The third-order valence-electron chi connectivity index (χ3n) is 2.10. The second-order valence-corrected chi connectivity index (χ2v) is 3.24. The molecule has 1 aromatic heterocycles. The lowest BCUT2D eigenvalue weighted by Crippen LogP contribution is -1.97. The van der Waals surface area contributed by atoms with Gasteiger partial charge in [0.05, 0.1) is 17.3 Å². The minimum atomic E-state index is -1.17. The molecule has 1 heterocycles. The van der Waals surface area contributed by atoms with Gasteiger partial charge < -0.3 is 9.52 Å². The number of carbonyl (C=O) groups is 1. The summed E-state index contributed by atoms with van der Waals surface area (Å²) in [7, 11) is 0. The van der Waals surface area contributed by atoms with Gasteiger partial charge in [-0.3, -0.25) is 0 Å². The van der Waals surface area contributed by atoms with E-state index in [4.69, 9.17) is 9.52 Å². The lowest BCUT2D eigenvalue weighted by atomic mass is 10.1. The van der Waals surface area contributed by atoms with E-state index in [1.165, 1.54) is 18.3 Å². The van der Waals surface area contributed by atoms with E-state index in [0.29, 0.717) is 5.89 Å². The maximum Gasteiger partial charge on any atom is 0.335 e. The number of oxazole rings is 1. The molecule has 2 aromatic rings. The highest BCUT2D eigenvalue weighted by atomic mass is 19.1. The summed E-state index contributed by atoms with van der Waals surface area (Å²) in [6.45, 7) is 1.65. The predicted octanol–water partition coefficient (Wildman–Crippen LogP) is 2.49. The lowest BCUT2D eigenvalue weighted by Gasteiger charge is -2.00. The fraction of sp³-hybridized carbons (Fsp3) is 0.0909. The SMILES string of the molecule is Cc1ncc(-c2ccc(C(=O)O)cc2F)o1. The Kier molecular flexibility index (Phi) is 2.44. The molecule has 16 heavy (non-hydrogen) atoms. The topological polar surface area (TPSA) is 63.3 Å². The molecule has 0 aliphatic heterocycles. The number of benzene rings is 1. The zero-order chi connectivity index (χ0) is 11.7. The fourth-order valence-electron chi connectivity index (χ4n) is 1.33. The van der Waals surface area contributed by atoms with E-state index in [0.717, 1.165) is 6.07 Å². The molecule has 82 valence electrons. The number of hydrogen-bond acceptors (Lipinski definition) is 3. The molecule has 1 aromatic carbocycles. The molecule has 4 nitrogen and oxygen atoms in total. The number of aromatic nitrogens is 1. The highest BCUT2D eigenvalue weighted by Gasteiger charge is 2.12. The van der Waals surface area contributed by atoms with E-state index in [9.17, 15) is 9.18 Å². The van der Waals surface area contributed by atoms with Crippen LogP contribution in [0.2, 0.25) is 0 Å². The number of hydrogen-bond donors (Lipinski definition) is 1. The maximum atomic E-state index is 13.6. The van der Waals surface area contributed by atoms with Gasteiger partial charge >= 0.3 is 5.97 Å². The molecule has 0 spiro atoms. The minimum absolute atomic E-state index is 0.0995. The summed E-state index contributed by atoms with van der Waals surface area (Å²) >= 11 is 0. The van der Waals surface area contributed by atoms with Crippen molar-refractivity contribution >= 4 is 5.97 Å². The molecule has 0 amide bonds. The van der Waals surface area contributed by atoms with Gasteiger partial charge in [0, 0.05) is 6.92 Å². The molecule has 0 unspecified atom stereocenters. The molecule has 0 aliphatic carbocycles. The van der Waals surface area contributed by atoms with Gasteiger partial charge in [0.15, 0.2) is 11.7 Å². The fourth-order valence-corrected chi connectivity index (χ4v) is 1.33. The number of aryl methyl sites for hydroxylation is 1. The second-order valence-electron chi connectivity index (χ2n) is 3.24. The summed E-state index contributed by atoms with van der Waals surface area (Å²) in [4.78, 5) is 14.4. The number of rotatable bonds is 2. The van der Waals surface area contributed by atoms with Gasteiger partial charge in [-0.2, -0.15) is 0 Å². The van der Waals surface area contributed by atoms with Crippen LogP contribution < -0.4 is 0 Å². The van der Waals surface area contributed by atoms with Crippen LogP contribution >= 0.6 is 0 Å². The quantitative estimate of drug-likeness (QED) is 0.846. The molecule has 0 saturated heterocycles. The van der Waals surface area contributed by atoms with Crippen LogP contribution in [0.4, 0.5) is 4.39 Å². The first-order chi connectivity index (χ1) is 7.58. The Balaban J connectivity index is 2.47. The van der Waals surface area contributed by atoms with Crippen LogP contribution in [0.1, 0.15) is 16.2 Å². The summed E-state index contributed by atoms with van der Waals surface area (Å²) < 4.78 is 18.7. The number of halogens is 1. The van der Waals surface area contributed by atoms with Gasteiger partial charge in [0.25, 0.3) is 0 Å². The van der Waals surface area contributed by atoms with Crippen molar-refractivity contribution in [2.24, 2.45) is 0 Å². The van der Waals surface area contributed by atoms with E-state index in [1.807, 2.05) is 0 Å². The molecule has 1 N–H and O–H groups in total. The van der Waals surface area contributed by atoms with Crippen molar-refractivity contribution in [3.63, 3.8) is 0 Å². The highest BCUT2D eigenvalue weighted by Crippen LogP contribution is 2.24. The van der Waals surface area contributed by atoms with Crippen LogP contribution in [0.15, 0.2) is 28.8 Å². The predicted molar refractivity (Wildman–Crippen MR) is 53.6 cm³/mol. The summed E-state index contributed by atoms with van der Waals surface area (Å²) in [6, 6.07) is 3.63. The Morgan fingerprint density at radius 2 is 2.25 bits per heavy atom. The molecular weight excluding hydrogens is 213 g/mol. The summed E-state index contributed by atoms with van der Waals surface area (Å²) in [5.74, 6) is -1.10. The van der Waals surface area contributed by atoms with Gasteiger partial charge in [0.2, 0.25) is 0 Å². The molecule has 0 bridgehead atoms. The van der Waals surface area contributed by atoms with Crippen molar-refractivity contribution in [1.29, 1.82) is 0 Å². The molecule has 0 fully saturated rings. The first kappa shape index (κ1) is 10.4. The van der Waals surface area contributed by atoms with E-state index in [1.54, 1.807) is 6.92 Å². The molecule has 2 rings (SSSR count). The van der Waals surface area contributed by atoms with Crippen molar-refractivity contribution in [3.05, 3.63) is 41.7 Å². The van der Waals surface area contributed by atoms with Crippen LogP contribution in [0.3, 0.4) is 0 Å². The Morgan fingerprint density at radius 1 is 1.50 bits per heavy atom. The van der Waals surface area contributed by atoms with Gasteiger partial charge in [-0.05, 0) is 18.2 Å².